The summed E-state index contributed by atoms with van der Waals surface area (Å²) in [5.74, 6) is -0.0415. The van der Waals surface area contributed by atoms with Gasteiger partial charge < -0.3 is 29.5 Å². The fourth-order valence-corrected chi connectivity index (χ4v) is 3.41. The van der Waals surface area contributed by atoms with Crippen molar-refractivity contribution < 1.29 is 33.3 Å². The first-order chi connectivity index (χ1) is 17.3. The first-order valence-electron chi connectivity index (χ1n) is 12.3. The van der Waals surface area contributed by atoms with Gasteiger partial charge >= 0.3 is 12.0 Å². The lowest BCUT2D eigenvalue weighted by atomic mass is 10.1. The maximum Gasteiger partial charge on any atom is 0.333 e. The van der Waals surface area contributed by atoms with Gasteiger partial charge in [0.15, 0.2) is 6.10 Å². The number of amides is 2. The zero-order valence-corrected chi connectivity index (χ0v) is 21.2. The number of urea groups is 1. The smallest absolute Gasteiger partial charge is 0.333 e. The fraction of sp³-hybridized carbons (Fsp3) is 0.481. The van der Waals surface area contributed by atoms with Crippen LogP contribution in [0.2, 0.25) is 0 Å². The summed E-state index contributed by atoms with van der Waals surface area (Å²) in [6.07, 6.45) is 0.879. The summed E-state index contributed by atoms with van der Waals surface area (Å²) in [7, 11) is 0. The van der Waals surface area contributed by atoms with Gasteiger partial charge in [0.1, 0.15) is 23.9 Å². The van der Waals surface area contributed by atoms with Gasteiger partial charge in [-0.3, -0.25) is 0 Å². The molecule has 0 fully saturated rings. The number of nitrogens with zero attached hydrogens (tertiary/aromatic N) is 1. The average molecular weight is 505 g/mol. The van der Waals surface area contributed by atoms with Crippen molar-refractivity contribution >= 4 is 12.0 Å². The number of carboxylic acid groups (broad SMARTS) is 1. The standard InChI is InChI=1S/C27H37FN2O6/c1-4-34-25(26(31)32)19-21-7-11-23(12-8-21)36-18-16-30(27(33)29-20(2)3)15-5-6-17-35-24-13-9-22(28)10-14-24/h7-14,20,25H,4-6,15-19H2,1-3H3,(H,29,33)(H,31,32). The van der Waals surface area contributed by atoms with Crippen molar-refractivity contribution in [1.29, 1.82) is 0 Å². The van der Waals surface area contributed by atoms with Crippen molar-refractivity contribution in [3.63, 3.8) is 0 Å². The molecule has 36 heavy (non-hydrogen) atoms. The summed E-state index contributed by atoms with van der Waals surface area (Å²) in [5, 5.41) is 12.1. The number of rotatable bonds is 16. The van der Waals surface area contributed by atoms with Crippen LogP contribution in [0.5, 0.6) is 11.5 Å². The number of carbonyl (C=O) groups excluding carboxylic acids is 1. The number of carboxylic acids is 1. The average Bonchev–Trinajstić information content (AvgIpc) is 2.84. The Morgan fingerprint density at radius 3 is 2.14 bits per heavy atom. The summed E-state index contributed by atoms with van der Waals surface area (Å²) in [5.41, 5.74) is 0.837. The molecule has 0 aliphatic heterocycles. The molecule has 0 aromatic heterocycles. The molecule has 2 amide bonds. The molecule has 1 atom stereocenters. The van der Waals surface area contributed by atoms with Crippen LogP contribution >= 0.6 is 0 Å². The van der Waals surface area contributed by atoms with Gasteiger partial charge in [-0.2, -0.15) is 0 Å². The van der Waals surface area contributed by atoms with E-state index in [4.69, 9.17) is 14.2 Å². The zero-order valence-electron chi connectivity index (χ0n) is 21.2. The van der Waals surface area contributed by atoms with E-state index in [1.165, 1.54) is 12.1 Å². The molecular weight excluding hydrogens is 467 g/mol. The lowest BCUT2D eigenvalue weighted by Gasteiger charge is -2.24. The largest absolute Gasteiger partial charge is 0.494 e. The molecule has 0 heterocycles. The van der Waals surface area contributed by atoms with Gasteiger partial charge in [0.25, 0.3) is 0 Å². The van der Waals surface area contributed by atoms with E-state index in [1.807, 2.05) is 26.0 Å². The van der Waals surface area contributed by atoms with E-state index in [0.717, 1.165) is 18.4 Å². The van der Waals surface area contributed by atoms with Crippen LogP contribution in [0.4, 0.5) is 9.18 Å². The molecule has 2 N–H and O–H groups in total. The molecule has 1 unspecified atom stereocenters. The second-order valence-electron chi connectivity index (χ2n) is 8.58. The SMILES string of the molecule is CCOC(Cc1ccc(OCCN(CCCCOc2ccc(F)cc2)C(=O)NC(C)C)cc1)C(=O)O. The van der Waals surface area contributed by atoms with Crippen LogP contribution in [-0.4, -0.2) is 67.1 Å². The molecule has 2 rings (SSSR count). The van der Waals surface area contributed by atoms with E-state index in [2.05, 4.69) is 5.32 Å². The Labute approximate surface area is 212 Å². The number of aliphatic carboxylic acids is 1. The van der Waals surface area contributed by atoms with Gasteiger partial charge in [-0.15, -0.1) is 0 Å². The molecule has 0 spiro atoms. The van der Waals surface area contributed by atoms with Crippen molar-refractivity contribution in [2.24, 2.45) is 0 Å². The Hall–Kier alpha value is -3.33. The Balaban J connectivity index is 1.79. The van der Waals surface area contributed by atoms with Crippen LogP contribution in [0, 0.1) is 5.82 Å². The summed E-state index contributed by atoms with van der Waals surface area (Å²) in [6, 6.07) is 12.9. The molecule has 2 aromatic rings. The second-order valence-corrected chi connectivity index (χ2v) is 8.58. The maximum atomic E-state index is 13.0. The molecule has 0 radical (unpaired) electrons. The molecule has 2 aromatic carbocycles. The molecule has 0 aliphatic carbocycles. The first kappa shape index (κ1) is 28.9. The third kappa shape index (κ3) is 10.9. The minimum atomic E-state index is -0.987. The van der Waals surface area contributed by atoms with Crippen LogP contribution in [0.25, 0.3) is 0 Å². The fourth-order valence-electron chi connectivity index (χ4n) is 3.41. The third-order valence-electron chi connectivity index (χ3n) is 5.22. The number of nitrogens with one attached hydrogen (secondary N) is 1. The highest BCUT2D eigenvalue weighted by Gasteiger charge is 2.18. The van der Waals surface area contributed by atoms with Gasteiger partial charge in [-0.25, -0.2) is 14.0 Å². The van der Waals surface area contributed by atoms with Crippen LogP contribution < -0.4 is 14.8 Å². The predicted molar refractivity (Wildman–Crippen MR) is 135 cm³/mol. The van der Waals surface area contributed by atoms with Crippen LogP contribution in [0.15, 0.2) is 48.5 Å². The number of benzene rings is 2. The Morgan fingerprint density at radius 1 is 0.944 bits per heavy atom. The highest BCUT2D eigenvalue weighted by atomic mass is 19.1. The van der Waals surface area contributed by atoms with E-state index < -0.39 is 12.1 Å². The number of hydrogen-bond donors (Lipinski definition) is 2. The summed E-state index contributed by atoms with van der Waals surface area (Å²) < 4.78 is 29.7. The number of unbranched alkanes of at least 4 members (excludes halogenated alkanes) is 1. The van der Waals surface area contributed by atoms with Crippen molar-refractivity contribution in [3.05, 3.63) is 59.9 Å². The molecule has 0 saturated heterocycles. The number of halogens is 1. The Morgan fingerprint density at radius 2 is 1.56 bits per heavy atom. The van der Waals surface area contributed by atoms with Crippen LogP contribution in [0.3, 0.4) is 0 Å². The van der Waals surface area contributed by atoms with Crippen molar-refractivity contribution in [1.82, 2.24) is 10.2 Å². The quantitative estimate of drug-likeness (QED) is 0.327. The lowest BCUT2D eigenvalue weighted by molar-refractivity contribution is -0.149. The molecule has 0 bridgehead atoms. The van der Waals surface area contributed by atoms with Crippen LogP contribution in [0.1, 0.15) is 39.2 Å². The van der Waals surface area contributed by atoms with Gasteiger partial charge in [0.2, 0.25) is 0 Å². The zero-order chi connectivity index (χ0) is 26.3. The minimum Gasteiger partial charge on any atom is -0.494 e. The molecule has 198 valence electrons. The lowest BCUT2D eigenvalue weighted by Crippen LogP contribution is -2.45. The van der Waals surface area contributed by atoms with Gasteiger partial charge in [-0.05, 0) is 75.6 Å². The summed E-state index contributed by atoms with van der Waals surface area (Å²) in [6.45, 7) is 7.65. The monoisotopic (exact) mass is 504 g/mol. The molecule has 9 heteroatoms. The predicted octanol–water partition coefficient (Wildman–Crippen LogP) is 4.52. The number of ether oxygens (including phenoxy) is 3. The van der Waals surface area contributed by atoms with Gasteiger partial charge in [0, 0.05) is 25.6 Å². The van der Waals surface area contributed by atoms with E-state index in [1.54, 1.807) is 36.1 Å². The Kier molecular flexibility index (Phi) is 12.5. The first-order valence-corrected chi connectivity index (χ1v) is 12.3. The topological polar surface area (TPSA) is 97.3 Å². The summed E-state index contributed by atoms with van der Waals surface area (Å²) >= 11 is 0. The number of hydrogen-bond acceptors (Lipinski definition) is 5. The van der Waals surface area contributed by atoms with Crippen molar-refractivity contribution in [3.8, 4) is 11.5 Å². The minimum absolute atomic E-state index is 0.0154. The normalized spacial score (nSPS) is 11.7. The van der Waals surface area contributed by atoms with Crippen LogP contribution in [-0.2, 0) is 16.0 Å². The second kappa shape index (κ2) is 15.6. The highest BCUT2D eigenvalue weighted by Crippen LogP contribution is 2.15. The summed E-state index contributed by atoms with van der Waals surface area (Å²) in [4.78, 5) is 25.6. The Bertz CT molecular complexity index is 921. The molecule has 0 saturated carbocycles. The molecular formula is C27H37FN2O6. The maximum absolute atomic E-state index is 13.0. The van der Waals surface area contributed by atoms with E-state index in [-0.39, 0.29) is 24.3 Å². The van der Waals surface area contributed by atoms with E-state index in [9.17, 15) is 19.1 Å². The van der Waals surface area contributed by atoms with Crippen molar-refractivity contribution in [2.75, 3.05) is 32.9 Å². The molecule has 8 nitrogen and oxygen atoms in total. The number of carbonyl (C=O) groups is 2. The van der Waals surface area contributed by atoms with Gasteiger partial charge in [-0.1, -0.05) is 12.1 Å². The highest BCUT2D eigenvalue weighted by molar-refractivity contribution is 5.74. The third-order valence-corrected chi connectivity index (χ3v) is 5.22. The van der Waals surface area contributed by atoms with Gasteiger partial charge in [0.05, 0.1) is 13.2 Å². The van der Waals surface area contributed by atoms with E-state index >= 15 is 0 Å². The van der Waals surface area contributed by atoms with E-state index in [0.29, 0.717) is 44.4 Å². The van der Waals surface area contributed by atoms with Crippen molar-refractivity contribution in [2.45, 2.75) is 52.2 Å². The molecule has 0 aliphatic rings.